The summed E-state index contributed by atoms with van der Waals surface area (Å²) in [7, 11) is 0. The Balaban J connectivity index is 1.44. The number of rotatable bonds is 7. The molecular weight excluding hydrogens is 476 g/mol. The summed E-state index contributed by atoms with van der Waals surface area (Å²) in [5, 5.41) is 9.51. The number of nitrogens with zero attached hydrogens (tertiary/aromatic N) is 4. The lowest BCUT2D eigenvalue weighted by atomic mass is 10.1. The summed E-state index contributed by atoms with van der Waals surface area (Å²) in [6.45, 7) is 4.29. The molecule has 36 heavy (non-hydrogen) atoms. The van der Waals surface area contributed by atoms with Gasteiger partial charge in [-0.15, -0.1) is 11.3 Å². The van der Waals surface area contributed by atoms with E-state index in [1.54, 1.807) is 11.0 Å². The summed E-state index contributed by atoms with van der Waals surface area (Å²) in [5.74, 6) is -0.297. The third-order valence-electron chi connectivity index (χ3n) is 6.06. The lowest BCUT2D eigenvalue weighted by molar-refractivity contribution is -0.122. The zero-order chi connectivity index (χ0) is 25.2. The molecule has 0 aliphatic carbocycles. The minimum Gasteiger partial charge on any atom is -0.312 e. The second-order valence-corrected chi connectivity index (χ2v) is 9.79. The molecule has 10 heteroatoms. The number of carbonyl (C=O) groups excluding carboxylic acids is 2. The molecule has 1 aliphatic rings. The van der Waals surface area contributed by atoms with Gasteiger partial charge in [-0.25, -0.2) is 4.98 Å². The fraction of sp³-hybridized carbons (Fsp3) is 0.269. The number of anilines is 2. The minimum absolute atomic E-state index is 0.0925. The number of carbonyl (C=O) groups is 2. The van der Waals surface area contributed by atoms with Gasteiger partial charge in [-0.3, -0.25) is 19.4 Å². The van der Waals surface area contributed by atoms with Gasteiger partial charge in [0.15, 0.2) is 0 Å². The van der Waals surface area contributed by atoms with Crippen LogP contribution >= 0.6 is 11.3 Å². The van der Waals surface area contributed by atoms with Gasteiger partial charge in [0, 0.05) is 36.5 Å². The van der Waals surface area contributed by atoms with Gasteiger partial charge in [-0.2, -0.15) is 9.78 Å². The number of aryl methyl sites for hydroxylation is 2. The van der Waals surface area contributed by atoms with Crippen LogP contribution in [-0.4, -0.2) is 38.1 Å². The van der Waals surface area contributed by atoms with E-state index in [0.717, 1.165) is 22.5 Å². The predicted molar refractivity (Wildman–Crippen MR) is 140 cm³/mol. The van der Waals surface area contributed by atoms with Gasteiger partial charge >= 0.3 is 0 Å². The van der Waals surface area contributed by atoms with Gasteiger partial charge in [0.25, 0.3) is 5.56 Å². The van der Waals surface area contributed by atoms with Crippen molar-refractivity contribution < 1.29 is 9.59 Å². The van der Waals surface area contributed by atoms with Crippen LogP contribution in [0.15, 0.2) is 58.7 Å². The first-order valence-electron chi connectivity index (χ1n) is 11.8. The molecule has 0 saturated carbocycles. The number of H-pyrrole nitrogens is 1. The van der Waals surface area contributed by atoms with Crippen LogP contribution in [-0.2, 0) is 16.0 Å². The van der Waals surface area contributed by atoms with E-state index >= 15 is 0 Å². The zero-order valence-corrected chi connectivity index (χ0v) is 20.8. The van der Waals surface area contributed by atoms with Crippen LogP contribution in [0.25, 0.3) is 16.5 Å². The molecule has 1 aliphatic heterocycles. The SMILES string of the molecule is CCCc1cc(=O)[nH]c(-n2nc(-c3cccs3)cc2NC(=O)C2CC(=O)N(c3ccc(C)cc3)C2)n1. The number of thiophene rings is 1. The topological polar surface area (TPSA) is 113 Å². The van der Waals surface area contributed by atoms with Gasteiger partial charge in [-0.1, -0.05) is 37.1 Å². The molecule has 1 fully saturated rings. The van der Waals surface area contributed by atoms with E-state index in [2.05, 4.69) is 20.4 Å². The van der Waals surface area contributed by atoms with Crippen molar-refractivity contribution in [1.82, 2.24) is 19.7 Å². The highest BCUT2D eigenvalue weighted by molar-refractivity contribution is 7.13. The predicted octanol–water partition coefficient (Wildman–Crippen LogP) is 3.94. The van der Waals surface area contributed by atoms with E-state index in [9.17, 15) is 14.4 Å². The van der Waals surface area contributed by atoms with Gasteiger partial charge in [0.05, 0.1) is 10.8 Å². The van der Waals surface area contributed by atoms with Crippen LogP contribution < -0.4 is 15.8 Å². The number of aromatic nitrogens is 4. The lowest BCUT2D eigenvalue weighted by Gasteiger charge is -2.17. The number of benzene rings is 1. The molecule has 1 aromatic carbocycles. The highest BCUT2D eigenvalue weighted by Gasteiger charge is 2.35. The molecule has 1 saturated heterocycles. The van der Waals surface area contributed by atoms with Crippen molar-refractivity contribution in [3.63, 3.8) is 0 Å². The van der Waals surface area contributed by atoms with Crippen molar-refractivity contribution in [1.29, 1.82) is 0 Å². The maximum Gasteiger partial charge on any atom is 0.252 e. The van der Waals surface area contributed by atoms with Gasteiger partial charge < -0.3 is 10.2 Å². The Labute approximate surface area is 211 Å². The molecule has 184 valence electrons. The van der Waals surface area contributed by atoms with Crippen LogP contribution in [0.1, 0.15) is 31.0 Å². The molecule has 5 rings (SSSR count). The van der Waals surface area contributed by atoms with E-state index in [1.807, 2.05) is 55.6 Å². The Morgan fingerprint density at radius 2 is 2.00 bits per heavy atom. The summed E-state index contributed by atoms with van der Waals surface area (Å²) in [4.78, 5) is 48.1. The number of hydrogen-bond acceptors (Lipinski definition) is 6. The standard InChI is InChI=1S/C26H26N6O3S/c1-3-5-18-13-23(33)29-26(27-18)32-22(14-20(30-32)21-6-4-11-36-21)28-25(35)17-12-24(34)31(15-17)19-9-7-16(2)8-10-19/h4,6-11,13-14,17H,3,5,12,15H2,1-2H3,(H,28,35)(H,27,29,33). The van der Waals surface area contributed by atoms with E-state index < -0.39 is 5.92 Å². The minimum atomic E-state index is -0.522. The van der Waals surface area contributed by atoms with Crippen LogP contribution in [0.4, 0.5) is 11.5 Å². The van der Waals surface area contributed by atoms with Gasteiger partial charge in [0.1, 0.15) is 11.5 Å². The number of hydrogen-bond donors (Lipinski definition) is 2. The normalized spacial score (nSPS) is 15.4. The summed E-state index contributed by atoms with van der Waals surface area (Å²) < 4.78 is 1.45. The zero-order valence-electron chi connectivity index (χ0n) is 20.0. The molecule has 2 N–H and O–H groups in total. The fourth-order valence-electron chi connectivity index (χ4n) is 4.24. The Morgan fingerprint density at radius 3 is 2.72 bits per heavy atom. The highest BCUT2D eigenvalue weighted by Crippen LogP contribution is 2.29. The first kappa shape index (κ1) is 23.7. The molecule has 0 radical (unpaired) electrons. The van der Waals surface area contributed by atoms with Crippen LogP contribution in [0, 0.1) is 12.8 Å². The fourth-order valence-corrected chi connectivity index (χ4v) is 4.92. The Kier molecular flexibility index (Phi) is 6.51. The lowest BCUT2D eigenvalue weighted by Crippen LogP contribution is -2.29. The maximum absolute atomic E-state index is 13.3. The molecule has 1 atom stereocenters. The van der Waals surface area contributed by atoms with Gasteiger partial charge in [0.2, 0.25) is 17.8 Å². The van der Waals surface area contributed by atoms with Crippen molar-refractivity contribution in [2.24, 2.45) is 5.92 Å². The van der Waals surface area contributed by atoms with E-state index in [-0.39, 0.29) is 29.7 Å². The molecular formula is C26H26N6O3S. The van der Waals surface area contributed by atoms with Crippen molar-refractivity contribution >= 4 is 34.7 Å². The molecule has 9 nitrogen and oxygen atoms in total. The average molecular weight is 503 g/mol. The maximum atomic E-state index is 13.3. The smallest absolute Gasteiger partial charge is 0.252 e. The Hall–Kier alpha value is -4.05. The van der Waals surface area contributed by atoms with Crippen molar-refractivity contribution in [2.45, 2.75) is 33.1 Å². The summed E-state index contributed by atoms with van der Waals surface area (Å²) in [6.07, 6.45) is 1.61. The molecule has 1 unspecified atom stereocenters. The van der Waals surface area contributed by atoms with Crippen molar-refractivity contribution in [3.05, 3.63) is 75.5 Å². The largest absolute Gasteiger partial charge is 0.312 e. The molecule has 0 bridgehead atoms. The third kappa shape index (κ3) is 4.85. The summed E-state index contributed by atoms with van der Waals surface area (Å²) in [6, 6.07) is 14.7. The van der Waals surface area contributed by atoms with Gasteiger partial charge in [-0.05, 0) is 36.9 Å². The first-order valence-corrected chi connectivity index (χ1v) is 12.7. The highest BCUT2D eigenvalue weighted by atomic mass is 32.1. The van der Waals surface area contributed by atoms with Crippen molar-refractivity contribution in [3.8, 4) is 16.5 Å². The Bertz CT molecular complexity index is 1460. The summed E-state index contributed by atoms with van der Waals surface area (Å²) >= 11 is 1.52. The van der Waals surface area contributed by atoms with Crippen LogP contribution in [0.3, 0.4) is 0 Å². The summed E-state index contributed by atoms with van der Waals surface area (Å²) in [5.41, 5.74) is 2.89. The van der Waals surface area contributed by atoms with Crippen LogP contribution in [0.2, 0.25) is 0 Å². The Morgan fingerprint density at radius 1 is 1.19 bits per heavy atom. The number of nitrogens with one attached hydrogen (secondary N) is 2. The number of amides is 2. The first-order chi connectivity index (χ1) is 17.4. The number of aromatic amines is 1. The second-order valence-electron chi connectivity index (χ2n) is 8.84. The molecule has 4 heterocycles. The molecule has 3 aromatic heterocycles. The van der Waals surface area contributed by atoms with Crippen LogP contribution in [0.5, 0.6) is 0 Å². The quantitative estimate of drug-likeness (QED) is 0.398. The van der Waals surface area contributed by atoms with E-state index in [4.69, 9.17) is 0 Å². The average Bonchev–Trinajstić information content (AvgIpc) is 3.59. The third-order valence-corrected chi connectivity index (χ3v) is 6.96. The molecule has 2 amide bonds. The second kappa shape index (κ2) is 9.90. The van der Waals surface area contributed by atoms with E-state index in [0.29, 0.717) is 30.2 Å². The molecule has 4 aromatic rings. The van der Waals surface area contributed by atoms with Crippen molar-refractivity contribution in [2.75, 3.05) is 16.8 Å². The molecule has 0 spiro atoms. The monoisotopic (exact) mass is 502 g/mol. The van der Waals surface area contributed by atoms with E-state index in [1.165, 1.54) is 22.1 Å².